The summed E-state index contributed by atoms with van der Waals surface area (Å²) in [7, 11) is 0. The van der Waals surface area contributed by atoms with Crippen LogP contribution < -0.4 is 16.0 Å². The molecule has 5 heteroatoms. The van der Waals surface area contributed by atoms with Crippen LogP contribution in [0.5, 0.6) is 0 Å². The van der Waals surface area contributed by atoms with Crippen molar-refractivity contribution in [3.63, 3.8) is 0 Å². The van der Waals surface area contributed by atoms with Crippen LogP contribution in [0.15, 0.2) is 18.2 Å². The van der Waals surface area contributed by atoms with Crippen molar-refractivity contribution in [2.75, 3.05) is 11.9 Å². The van der Waals surface area contributed by atoms with Gasteiger partial charge in [-0.2, -0.15) is 0 Å². The van der Waals surface area contributed by atoms with Gasteiger partial charge in [0.15, 0.2) is 0 Å². The Morgan fingerprint density at radius 2 is 1.86 bits per heavy atom. The van der Waals surface area contributed by atoms with Crippen molar-refractivity contribution in [2.45, 2.75) is 45.6 Å². The first kappa shape index (κ1) is 15.4. The molecule has 0 heterocycles. The largest absolute Gasteiger partial charge is 0.376 e. The lowest BCUT2D eigenvalue weighted by molar-refractivity contribution is -0.118. The van der Waals surface area contributed by atoms with Gasteiger partial charge in [-0.15, -0.1) is 0 Å². The summed E-state index contributed by atoms with van der Waals surface area (Å²) in [6.45, 7) is 4.15. The minimum absolute atomic E-state index is 0.0839. The zero-order valence-electron chi connectivity index (χ0n) is 12.7. The number of rotatable bonds is 4. The lowest BCUT2D eigenvalue weighted by Gasteiger charge is -2.13. The molecule has 3 N–H and O–H groups in total. The molecule has 0 unspecified atom stereocenters. The van der Waals surface area contributed by atoms with Crippen LogP contribution in [0.1, 0.15) is 36.8 Å². The second kappa shape index (κ2) is 7.11. The monoisotopic (exact) mass is 289 g/mol. The van der Waals surface area contributed by atoms with E-state index in [9.17, 15) is 9.59 Å². The molecule has 0 radical (unpaired) electrons. The van der Waals surface area contributed by atoms with Gasteiger partial charge in [0.2, 0.25) is 5.91 Å². The third-order valence-electron chi connectivity index (χ3n) is 3.90. The standard InChI is InChI=1S/C16H23N3O2/c1-11-7-8-14(9-12(11)2)17-10-15(20)19-16(21)18-13-5-3-4-6-13/h7-9,13,17H,3-6,10H2,1-2H3,(H2,18,19,20,21). The first-order chi connectivity index (χ1) is 10.0. The molecule has 0 aromatic heterocycles. The molecule has 21 heavy (non-hydrogen) atoms. The van der Waals surface area contributed by atoms with Crippen molar-refractivity contribution in [1.29, 1.82) is 0 Å². The van der Waals surface area contributed by atoms with Gasteiger partial charge in [-0.05, 0) is 49.9 Å². The highest BCUT2D eigenvalue weighted by molar-refractivity contribution is 5.96. The normalized spacial score (nSPS) is 14.8. The maximum absolute atomic E-state index is 11.7. The second-order valence-electron chi connectivity index (χ2n) is 5.66. The van der Waals surface area contributed by atoms with Crippen molar-refractivity contribution < 1.29 is 9.59 Å². The van der Waals surface area contributed by atoms with E-state index in [2.05, 4.69) is 16.0 Å². The zero-order chi connectivity index (χ0) is 15.2. The quantitative estimate of drug-likeness (QED) is 0.797. The number of imide groups is 1. The molecule has 1 aromatic carbocycles. The van der Waals surface area contributed by atoms with Crippen LogP contribution in [-0.2, 0) is 4.79 Å². The number of benzene rings is 1. The van der Waals surface area contributed by atoms with Gasteiger partial charge in [-0.3, -0.25) is 10.1 Å². The number of urea groups is 1. The smallest absolute Gasteiger partial charge is 0.321 e. The first-order valence-electron chi connectivity index (χ1n) is 7.46. The molecule has 114 valence electrons. The summed E-state index contributed by atoms with van der Waals surface area (Å²) in [5, 5.41) is 8.20. The van der Waals surface area contributed by atoms with Gasteiger partial charge < -0.3 is 10.6 Å². The SMILES string of the molecule is Cc1ccc(NCC(=O)NC(=O)NC2CCCC2)cc1C. The van der Waals surface area contributed by atoms with Gasteiger partial charge in [-0.25, -0.2) is 4.79 Å². The third kappa shape index (κ3) is 4.77. The van der Waals surface area contributed by atoms with Crippen molar-refractivity contribution in [3.05, 3.63) is 29.3 Å². The Bertz CT molecular complexity index is 522. The van der Waals surface area contributed by atoms with Crippen LogP contribution >= 0.6 is 0 Å². The lowest BCUT2D eigenvalue weighted by atomic mass is 10.1. The summed E-state index contributed by atoms with van der Waals surface area (Å²) >= 11 is 0. The fraction of sp³-hybridized carbons (Fsp3) is 0.500. The van der Waals surface area contributed by atoms with E-state index in [1.54, 1.807) is 0 Å². The maximum atomic E-state index is 11.7. The number of carbonyl (C=O) groups is 2. The van der Waals surface area contributed by atoms with Gasteiger partial charge in [-0.1, -0.05) is 18.9 Å². The molecule has 2 rings (SSSR count). The summed E-state index contributed by atoms with van der Waals surface area (Å²) in [6.07, 6.45) is 4.30. The Kier molecular flexibility index (Phi) is 5.20. The molecule has 1 aliphatic rings. The van der Waals surface area contributed by atoms with Gasteiger partial charge in [0.1, 0.15) is 0 Å². The van der Waals surface area contributed by atoms with Crippen LogP contribution in [0.2, 0.25) is 0 Å². The predicted molar refractivity (Wildman–Crippen MR) is 83.3 cm³/mol. The van der Waals surface area contributed by atoms with Crippen LogP contribution in [0.25, 0.3) is 0 Å². The molecule has 3 amide bonds. The van der Waals surface area contributed by atoms with E-state index < -0.39 is 6.03 Å². The molecule has 0 atom stereocenters. The number of amides is 3. The minimum atomic E-state index is -0.395. The molecule has 1 saturated carbocycles. The van der Waals surface area contributed by atoms with E-state index in [0.717, 1.165) is 31.4 Å². The van der Waals surface area contributed by atoms with Gasteiger partial charge in [0.05, 0.1) is 6.54 Å². The first-order valence-corrected chi connectivity index (χ1v) is 7.46. The molecule has 5 nitrogen and oxygen atoms in total. The molecular weight excluding hydrogens is 266 g/mol. The maximum Gasteiger partial charge on any atom is 0.321 e. The van der Waals surface area contributed by atoms with Crippen LogP contribution in [0.4, 0.5) is 10.5 Å². The average Bonchev–Trinajstić information content (AvgIpc) is 2.92. The van der Waals surface area contributed by atoms with Crippen molar-refractivity contribution in [3.8, 4) is 0 Å². The van der Waals surface area contributed by atoms with E-state index in [1.807, 2.05) is 32.0 Å². The lowest BCUT2D eigenvalue weighted by Crippen LogP contribution is -2.45. The van der Waals surface area contributed by atoms with Crippen LogP contribution in [-0.4, -0.2) is 24.5 Å². The Labute approximate surface area is 125 Å². The molecule has 1 aliphatic carbocycles. The zero-order valence-corrected chi connectivity index (χ0v) is 12.7. The summed E-state index contributed by atoms with van der Waals surface area (Å²) in [4.78, 5) is 23.4. The fourth-order valence-electron chi connectivity index (χ4n) is 2.50. The van der Waals surface area contributed by atoms with Crippen LogP contribution in [0, 0.1) is 13.8 Å². The van der Waals surface area contributed by atoms with Crippen LogP contribution in [0.3, 0.4) is 0 Å². The number of hydrogen-bond donors (Lipinski definition) is 3. The van der Waals surface area contributed by atoms with E-state index in [-0.39, 0.29) is 18.5 Å². The topological polar surface area (TPSA) is 70.2 Å². The van der Waals surface area contributed by atoms with Crippen molar-refractivity contribution in [1.82, 2.24) is 10.6 Å². The highest BCUT2D eigenvalue weighted by Crippen LogP contribution is 2.17. The Hall–Kier alpha value is -2.04. The van der Waals surface area contributed by atoms with E-state index in [4.69, 9.17) is 0 Å². The molecule has 0 saturated heterocycles. The average molecular weight is 289 g/mol. The molecule has 1 aromatic rings. The summed E-state index contributed by atoms with van der Waals surface area (Å²) in [5.41, 5.74) is 3.25. The van der Waals surface area contributed by atoms with E-state index in [0.29, 0.717) is 0 Å². The van der Waals surface area contributed by atoms with Crippen molar-refractivity contribution in [2.24, 2.45) is 0 Å². The number of aryl methyl sites for hydroxylation is 2. The summed E-state index contributed by atoms with van der Waals surface area (Å²) in [5.74, 6) is -0.330. The Morgan fingerprint density at radius 3 is 2.52 bits per heavy atom. The molecule has 0 spiro atoms. The fourth-order valence-corrected chi connectivity index (χ4v) is 2.50. The highest BCUT2D eigenvalue weighted by Gasteiger charge is 2.17. The number of hydrogen-bond acceptors (Lipinski definition) is 3. The number of carbonyl (C=O) groups excluding carboxylic acids is 2. The second-order valence-corrected chi connectivity index (χ2v) is 5.66. The van der Waals surface area contributed by atoms with E-state index >= 15 is 0 Å². The van der Waals surface area contributed by atoms with Gasteiger partial charge >= 0.3 is 6.03 Å². The molecule has 1 fully saturated rings. The van der Waals surface area contributed by atoms with Gasteiger partial charge in [0, 0.05) is 11.7 Å². The number of anilines is 1. The minimum Gasteiger partial charge on any atom is -0.376 e. The Morgan fingerprint density at radius 1 is 1.14 bits per heavy atom. The predicted octanol–water partition coefficient (Wildman–Crippen LogP) is 2.48. The third-order valence-corrected chi connectivity index (χ3v) is 3.90. The molecule has 0 aliphatic heterocycles. The number of nitrogens with one attached hydrogen (secondary N) is 3. The highest BCUT2D eigenvalue weighted by atomic mass is 16.2. The van der Waals surface area contributed by atoms with Gasteiger partial charge in [0.25, 0.3) is 0 Å². The van der Waals surface area contributed by atoms with E-state index in [1.165, 1.54) is 11.1 Å². The summed E-state index contributed by atoms with van der Waals surface area (Å²) in [6, 6.07) is 5.73. The molecular formula is C16H23N3O2. The van der Waals surface area contributed by atoms with Crippen molar-refractivity contribution >= 4 is 17.6 Å². The Balaban J connectivity index is 1.73. The molecule has 0 bridgehead atoms. The summed E-state index contributed by atoms with van der Waals surface area (Å²) < 4.78 is 0.